The standard InChI is InChI=1S/C17H27N3O/c21-17-7-6-14-4-1-2-5-15(14)16(17)12-18-8-3-10-20-11-9-19-13-20/h7,9,11-12,14-16,19,21H,1-6,8,10,13H2/b18-12+. The molecule has 21 heavy (non-hydrogen) atoms. The van der Waals surface area contributed by atoms with Gasteiger partial charge in [0.1, 0.15) is 0 Å². The number of hydrogen-bond donors (Lipinski definition) is 2. The van der Waals surface area contributed by atoms with Crippen molar-refractivity contribution >= 4 is 6.21 Å². The quantitative estimate of drug-likeness (QED) is 0.604. The van der Waals surface area contributed by atoms with Gasteiger partial charge in [0.05, 0.1) is 18.3 Å². The monoisotopic (exact) mass is 289 g/mol. The van der Waals surface area contributed by atoms with Gasteiger partial charge in [-0.2, -0.15) is 0 Å². The Kier molecular flexibility index (Phi) is 4.84. The van der Waals surface area contributed by atoms with Crippen molar-refractivity contribution in [3.8, 4) is 0 Å². The Morgan fingerprint density at radius 2 is 2.29 bits per heavy atom. The second-order valence-corrected chi connectivity index (χ2v) is 6.50. The number of aliphatic hydroxyl groups is 1. The molecule has 4 nitrogen and oxygen atoms in total. The van der Waals surface area contributed by atoms with Crippen molar-refractivity contribution in [3.05, 3.63) is 24.2 Å². The van der Waals surface area contributed by atoms with Gasteiger partial charge in [-0.05, 0) is 43.6 Å². The second-order valence-electron chi connectivity index (χ2n) is 6.50. The summed E-state index contributed by atoms with van der Waals surface area (Å²) in [5, 5.41) is 13.3. The molecule has 2 N–H and O–H groups in total. The molecule has 4 heteroatoms. The Hall–Kier alpha value is -1.45. The maximum absolute atomic E-state index is 10.2. The summed E-state index contributed by atoms with van der Waals surface area (Å²) in [5.74, 6) is 2.14. The molecule has 3 atom stereocenters. The third kappa shape index (κ3) is 3.60. The number of aliphatic hydroxyl groups excluding tert-OH is 1. The molecule has 1 heterocycles. The van der Waals surface area contributed by atoms with Crippen LogP contribution in [-0.4, -0.2) is 36.0 Å². The summed E-state index contributed by atoms with van der Waals surface area (Å²) in [6, 6.07) is 0. The molecule has 0 aromatic heterocycles. The third-order valence-electron chi connectivity index (χ3n) is 5.10. The van der Waals surface area contributed by atoms with E-state index < -0.39 is 0 Å². The molecule has 0 spiro atoms. The largest absolute Gasteiger partial charge is 0.512 e. The topological polar surface area (TPSA) is 47.9 Å². The van der Waals surface area contributed by atoms with Crippen molar-refractivity contribution in [3.63, 3.8) is 0 Å². The highest BCUT2D eigenvalue weighted by Crippen LogP contribution is 2.42. The zero-order chi connectivity index (χ0) is 14.5. The minimum absolute atomic E-state index is 0.178. The van der Waals surface area contributed by atoms with Crippen molar-refractivity contribution in [1.29, 1.82) is 0 Å². The van der Waals surface area contributed by atoms with Gasteiger partial charge in [0.15, 0.2) is 0 Å². The maximum Gasteiger partial charge on any atom is 0.0969 e. The van der Waals surface area contributed by atoms with Crippen molar-refractivity contribution in [2.75, 3.05) is 19.8 Å². The maximum atomic E-state index is 10.2. The van der Waals surface area contributed by atoms with Crippen LogP contribution in [0.3, 0.4) is 0 Å². The Labute approximate surface area is 127 Å². The molecule has 1 fully saturated rings. The number of rotatable bonds is 5. The highest BCUT2D eigenvalue weighted by atomic mass is 16.3. The summed E-state index contributed by atoms with van der Waals surface area (Å²) in [6.45, 7) is 2.81. The Morgan fingerprint density at radius 3 is 3.14 bits per heavy atom. The van der Waals surface area contributed by atoms with Gasteiger partial charge in [-0.25, -0.2) is 0 Å². The predicted molar refractivity (Wildman–Crippen MR) is 86.1 cm³/mol. The van der Waals surface area contributed by atoms with E-state index in [0.717, 1.165) is 38.5 Å². The van der Waals surface area contributed by atoms with Crippen LogP contribution in [0.2, 0.25) is 0 Å². The van der Waals surface area contributed by atoms with Crippen LogP contribution in [0.5, 0.6) is 0 Å². The molecule has 0 radical (unpaired) electrons. The first-order chi connectivity index (χ1) is 10.3. The molecule has 1 aliphatic heterocycles. The molecular formula is C17H27N3O. The van der Waals surface area contributed by atoms with E-state index in [2.05, 4.69) is 21.4 Å². The number of nitrogens with zero attached hydrogens (tertiary/aromatic N) is 2. The first-order valence-electron chi connectivity index (χ1n) is 8.37. The molecule has 0 bridgehead atoms. The Morgan fingerprint density at radius 1 is 1.38 bits per heavy atom. The fourth-order valence-electron chi connectivity index (χ4n) is 3.90. The summed E-state index contributed by atoms with van der Waals surface area (Å²) in [5.41, 5.74) is 0. The van der Waals surface area contributed by atoms with Crippen LogP contribution in [0.25, 0.3) is 0 Å². The molecule has 0 amide bonds. The smallest absolute Gasteiger partial charge is 0.0969 e. The molecule has 1 saturated carbocycles. The third-order valence-corrected chi connectivity index (χ3v) is 5.10. The van der Waals surface area contributed by atoms with Crippen LogP contribution in [0.1, 0.15) is 38.5 Å². The second kappa shape index (κ2) is 7.01. The average Bonchev–Trinajstić information content (AvgIpc) is 3.02. The summed E-state index contributed by atoms with van der Waals surface area (Å²) in [4.78, 5) is 6.86. The fraction of sp³-hybridized carbons (Fsp3) is 0.706. The van der Waals surface area contributed by atoms with E-state index >= 15 is 0 Å². The van der Waals surface area contributed by atoms with Crippen LogP contribution in [-0.2, 0) is 0 Å². The van der Waals surface area contributed by atoms with Gasteiger partial charge in [-0.15, -0.1) is 0 Å². The number of hydrogen-bond acceptors (Lipinski definition) is 4. The van der Waals surface area contributed by atoms with Gasteiger partial charge >= 0.3 is 0 Å². The number of fused-ring (bicyclic) bond motifs is 1. The molecule has 3 rings (SSSR count). The van der Waals surface area contributed by atoms with Crippen molar-refractivity contribution < 1.29 is 5.11 Å². The first-order valence-corrected chi connectivity index (χ1v) is 8.37. The first kappa shape index (κ1) is 14.5. The summed E-state index contributed by atoms with van der Waals surface area (Å²) < 4.78 is 0. The highest BCUT2D eigenvalue weighted by Gasteiger charge is 2.35. The Balaban J connectivity index is 1.47. The predicted octanol–water partition coefficient (Wildman–Crippen LogP) is 3.05. The number of nitrogens with one attached hydrogen (secondary N) is 1. The average molecular weight is 289 g/mol. The molecular weight excluding hydrogens is 262 g/mol. The van der Waals surface area contributed by atoms with Crippen LogP contribution in [0.4, 0.5) is 0 Å². The lowest BCUT2D eigenvalue weighted by molar-refractivity contribution is 0.165. The van der Waals surface area contributed by atoms with Crippen molar-refractivity contribution in [2.24, 2.45) is 22.7 Å². The van der Waals surface area contributed by atoms with Crippen molar-refractivity contribution in [2.45, 2.75) is 38.5 Å². The lowest BCUT2D eigenvalue weighted by Gasteiger charge is -2.38. The lowest BCUT2D eigenvalue weighted by Crippen LogP contribution is -2.32. The van der Waals surface area contributed by atoms with E-state index in [1.807, 2.05) is 18.5 Å². The van der Waals surface area contributed by atoms with Gasteiger partial charge in [0, 0.05) is 31.7 Å². The summed E-state index contributed by atoms with van der Waals surface area (Å²) in [6.07, 6.45) is 15.5. The van der Waals surface area contributed by atoms with Gasteiger partial charge in [-0.1, -0.05) is 12.8 Å². The van der Waals surface area contributed by atoms with Crippen LogP contribution < -0.4 is 5.32 Å². The SMILES string of the molecule is OC1=CCC2CCCCC2C1/C=N/CCCN1C=CNC1. The van der Waals surface area contributed by atoms with E-state index in [1.54, 1.807) is 0 Å². The van der Waals surface area contributed by atoms with Crippen LogP contribution in [0.15, 0.2) is 29.2 Å². The number of allylic oxidation sites excluding steroid dienone is 2. The molecule has 0 saturated heterocycles. The minimum Gasteiger partial charge on any atom is -0.512 e. The fourth-order valence-corrected chi connectivity index (χ4v) is 3.90. The van der Waals surface area contributed by atoms with Crippen LogP contribution in [0, 0.1) is 17.8 Å². The normalized spacial score (nSPS) is 32.1. The molecule has 0 aromatic rings. The Bertz CT molecular complexity index is 430. The lowest BCUT2D eigenvalue weighted by atomic mass is 9.68. The summed E-state index contributed by atoms with van der Waals surface area (Å²) >= 11 is 0. The zero-order valence-electron chi connectivity index (χ0n) is 12.7. The molecule has 2 aliphatic carbocycles. The van der Waals surface area contributed by atoms with Gasteiger partial charge in [0.2, 0.25) is 0 Å². The van der Waals surface area contributed by atoms with Gasteiger partial charge in [-0.3, -0.25) is 4.99 Å². The molecule has 116 valence electrons. The zero-order valence-corrected chi connectivity index (χ0v) is 12.7. The van der Waals surface area contributed by atoms with E-state index in [1.165, 1.54) is 25.7 Å². The highest BCUT2D eigenvalue weighted by molar-refractivity contribution is 5.65. The van der Waals surface area contributed by atoms with E-state index in [4.69, 9.17) is 0 Å². The molecule has 3 aliphatic rings. The summed E-state index contributed by atoms with van der Waals surface area (Å²) in [7, 11) is 0. The van der Waals surface area contributed by atoms with Crippen LogP contribution >= 0.6 is 0 Å². The molecule has 3 unspecified atom stereocenters. The van der Waals surface area contributed by atoms with E-state index in [0.29, 0.717) is 11.7 Å². The number of aliphatic imine (C=N–C) groups is 1. The van der Waals surface area contributed by atoms with E-state index in [9.17, 15) is 5.11 Å². The van der Waals surface area contributed by atoms with E-state index in [-0.39, 0.29) is 5.92 Å². The van der Waals surface area contributed by atoms with Crippen molar-refractivity contribution in [1.82, 2.24) is 10.2 Å². The van der Waals surface area contributed by atoms with Gasteiger partial charge in [0.25, 0.3) is 0 Å². The van der Waals surface area contributed by atoms with Gasteiger partial charge < -0.3 is 15.3 Å². The minimum atomic E-state index is 0.178. The molecule has 0 aromatic carbocycles.